The number of benzene rings is 1. The average molecular weight is 259 g/mol. The average Bonchev–Trinajstić information content (AvgIpc) is 2.81. The van der Waals surface area contributed by atoms with Crippen LogP contribution >= 0.6 is 0 Å². The van der Waals surface area contributed by atoms with Crippen molar-refractivity contribution < 1.29 is 9.90 Å². The van der Waals surface area contributed by atoms with Gasteiger partial charge in [0.25, 0.3) is 0 Å². The lowest BCUT2D eigenvalue weighted by Gasteiger charge is -2.10. The van der Waals surface area contributed by atoms with E-state index in [1.807, 2.05) is 19.9 Å². The number of anilines is 1. The second-order valence-corrected chi connectivity index (χ2v) is 4.33. The van der Waals surface area contributed by atoms with Crippen LogP contribution in [0.4, 0.5) is 5.69 Å². The Morgan fingerprint density at radius 1 is 1.32 bits per heavy atom. The van der Waals surface area contributed by atoms with Gasteiger partial charge in [0, 0.05) is 11.4 Å². The quantitative estimate of drug-likeness (QED) is 0.825. The molecule has 0 aliphatic carbocycles. The van der Waals surface area contributed by atoms with Crippen LogP contribution in [0.1, 0.15) is 35.6 Å². The summed E-state index contributed by atoms with van der Waals surface area (Å²) in [5, 5.41) is 13.7. The molecule has 5 nitrogen and oxygen atoms in total. The van der Waals surface area contributed by atoms with E-state index < -0.39 is 5.97 Å². The van der Waals surface area contributed by atoms with Crippen molar-refractivity contribution in [2.45, 2.75) is 26.7 Å². The molecular formula is C14H17N3O2. The van der Waals surface area contributed by atoms with Crippen molar-refractivity contribution in [3.8, 4) is 5.69 Å². The number of aromatic nitrogens is 2. The summed E-state index contributed by atoms with van der Waals surface area (Å²) in [5.41, 5.74) is 8.92. The Hall–Kier alpha value is -2.30. The Morgan fingerprint density at radius 3 is 2.63 bits per heavy atom. The lowest BCUT2D eigenvalue weighted by molar-refractivity contribution is 0.0696. The first kappa shape index (κ1) is 13.1. The molecule has 5 heteroatoms. The minimum absolute atomic E-state index is 0.203. The van der Waals surface area contributed by atoms with Crippen LogP contribution in [-0.4, -0.2) is 20.9 Å². The van der Waals surface area contributed by atoms with Crippen molar-refractivity contribution in [3.05, 3.63) is 41.2 Å². The molecule has 0 saturated carbocycles. The maximum absolute atomic E-state index is 11.3. The number of carboxylic acid groups (broad SMARTS) is 1. The van der Waals surface area contributed by atoms with Crippen LogP contribution in [0.2, 0.25) is 0 Å². The highest BCUT2D eigenvalue weighted by molar-refractivity contribution is 5.92. The molecule has 2 aromatic rings. The zero-order chi connectivity index (χ0) is 14.0. The summed E-state index contributed by atoms with van der Waals surface area (Å²) in [5.74, 6) is -0.981. The van der Waals surface area contributed by atoms with E-state index in [1.54, 1.807) is 16.8 Å². The van der Waals surface area contributed by atoms with Gasteiger partial charge in [-0.15, -0.1) is 0 Å². The molecular weight excluding hydrogens is 242 g/mol. The van der Waals surface area contributed by atoms with Crippen LogP contribution in [0.5, 0.6) is 0 Å². The van der Waals surface area contributed by atoms with Crippen molar-refractivity contribution >= 4 is 11.7 Å². The molecule has 0 radical (unpaired) electrons. The molecule has 0 atom stereocenters. The molecule has 0 aliphatic rings. The number of nitrogen functional groups attached to an aromatic ring is 1. The van der Waals surface area contributed by atoms with Crippen LogP contribution in [-0.2, 0) is 12.8 Å². The Kier molecular flexibility index (Phi) is 3.55. The maximum atomic E-state index is 11.3. The monoisotopic (exact) mass is 259 g/mol. The second kappa shape index (κ2) is 5.14. The molecule has 1 heterocycles. The zero-order valence-electron chi connectivity index (χ0n) is 11.1. The molecule has 1 aromatic heterocycles. The van der Waals surface area contributed by atoms with Crippen molar-refractivity contribution in [2.75, 3.05) is 5.73 Å². The summed E-state index contributed by atoms with van der Waals surface area (Å²) >= 11 is 0. The number of hydrogen-bond acceptors (Lipinski definition) is 3. The van der Waals surface area contributed by atoms with E-state index in [-0.39, 0.29) is 5.56 Å². The first-order valence-corrected chi connectivity index (χ1v) is 6.27. The highest BCUT2D eigenvalue weighted by atomic mass is 16.4. The third-order valence-electron chi connectivity index (χ3n) is 3.04. The fourth-order valence-corrected chi connectivity index (χ4v) is 2.01. The molecule has 0 spiro atoms. The number of hydrogen-bond donors (Lipinski definition) is 2. The first-order valence-electron chi connectivity index (χ1n) is 6.27. The van der Waals surface area contributed by atoms with Gasteiger partial charge in [0.05, 0.1) is 16.9 Å². The zero-order valence-corrected chi connectivity index (χ0v) is 11.1. The molecule has 0 amide bonds. The summed E-state index contributed by atoms with van der Waals surface area (Å²) in [6.45, 7) is 4.03. The molecule has 0 saturated heterocycles. The molecule has 19 heavy (non-hydrogen) atoms. The smallest absolute Gasteiger partial charge is 0.337 e. The van der Waals surface area contributed by atoms with Crippen LogP contribution in [0.25, 0.3) is 5.69 Å². The molecule has 0 fully saturated rings. The van der Waals surface area contributed by atoms with Gasteiger partial charge in [-0.2, -0.15) is 5.10 Å². The third kappa shape index (κ3) is 2.45. The second-order valence-electron chi connectivity index (χ2n) is 4.33. The van der Waals surface area contributed by atoms with Crippen molar-refractivity contribution in [2.24, 2.45) is 0 Å². The highest BCUT2D eigenvalue weighted by Crippen LogP contribution is 2.21. The van der Waals surface area contributed by atoms with Crippen LogP contribution in [0.15, 0.2) is 24.3 Å². The van der Waals surface area contributed by atoms with Gasteiger partial charge >= 0.3 is 5.97 Å². The van der Waals surface area contributed by atoms with Crippen LogP contribution < -0.4 is 5.73 Å². The maximum Gasteiger partial charge on any atom is 0.337 e. The van der Waals surface area contributed by atoms with Gasteiger partial charge in [-0.1, -0.05) is 13.8 Å². The van der Waals surface area contributed by atoms with E-state index in [9.17, 15) is 9.90 Å². The largest absolute Gasteiger partial charge is 0.478 e. The minimum atomic E-state index is -0.981. The number of nitrogens with zero attached hydrogens (tertiary/aromatic N) is 2. The molecule has 2 rings (SSSR count). The van der Waals surface area contributed by atoms with Gasteiger partial charge in [0.15, 0.2) is 0 Å². The fraction of sp³-hybridized carbons (Fsp3) is 0.286. The molecule has 100 valence electrons. The van der Waals surface area contributed by atoms with Gasteiger partial charge in [-0.3, -0.25) is 0 Å². The van der Waals surface area contributed by atoms with E-state index in [4.69, 9.17) is 5.73 Å². The molecule has 3 N–H and O–H groups in total. The summed E-state index contributed by atoms with van der Waals surface area (Å²) in [6.07, 6.45) is 1.59. The number of aromatic carboxylic acids is 1. The third-order valence-corrected chi connectivity index (χ3v) is 3.04. The number of carbonyl (C=O) groups is 1. The number of nitrogens with two attached hydrogens (primary N) is 1. The van der Waals surface area contributed by atoms with Crippen LogP contribution in [0.3, 0.4) is 0 Å². The predicted molar refractivity (Wildman–Crippen MR) is 73.7 cm³/mol. The summed E-state index contributed by atoms with van der Waals surface area (Å²) in [7, 11) is 0. The highest BCUT2D eigenvalue weighted by Gasteiger charge is 2.15. The van der Waals surface area contributed by atoms with Gasteiger partial charge in [0.1, 0.15) is 0 Å². The standard InChI is InChI=1S/C14H17N3O2/c1-3-10-8-11(4-2)17(16-10)13-7-9(15)5-6-12(13)14(18)19/h5-8H,3-4,15H2,1-2H3,(H,18,19). The van der Waals surface area contributed by atoms with E-state index in [0.29, 0.717) is 11.4 Å². The Morgan fingerprint density at radius 2 is 2.05 bits per heavy atom. The van der Waals surface area contributed by atoms with Gasteiger partial charge in [-0.05, 0) is 37.1 Å². The SMILES string of the molecule is CCc1cc(CC)n(-c2cc(N)ccc2C(=O)O)n1. The number of rotatable bonds is 4. The predicted octanol–water partition coefficient (Wildman–Crippen LogP) is 2.28. The van der Waals surface area contributed by atoms with Crippen molar-refractivity contribution in [1.29, 1.82) is 0 Å². The van der Waals surface area contributed by atoms with Crippen LogP contribution in [0, 0.1) is 0 Å². The first-order chi connectivity index (χ1) is 9.06. The minimum Gasteiger partial charge on any atom is -0.478 e. The van der Waals surface area contributed by atoms with Gasteiger partial charge < -0.3 is 10.8 Å². The topological polar surface area (TPSA) is 81.1 Å². The number of carboxylic acids is 1. The molecule has 0 unspecified atom stereocenters. The van der Waals surface area contributed by atoms with Gasteiger partial charge in [-0.25, -0.2) is 9.48 Å². The fourth-order valence-electron chi connectivity index (χ4n) is 2.01. The number of aryl methyl sites for hydroxylation is 2. The summed E-state index contributed by atoms with van der Waals surface area (Å²) in [4.78, 5) is 11.3. The van der Waals surface area contributed by atoms with E-state index in [1.165, 1.54) is 6.07 Å². The van der Waals surface area contributed by atoms with Crippen molar-refractivity contribution in [1.82, 2.24) is 9.78 Å². The lowest BCUT2D eigenvalue weighted by atomic mass is 10.1. The summed E-state index contributed by atoms with van der Waals surface area (Å²) < 4.78 is 1.68. The summed E-state index contributed by atoms with van der Waals surface area (Å²) in [6, 6.07) is 6.74. The Balaban J connectivity index is 2.66. The van der Waals surface area contributed by atoms with E-state index in [0.717, 1.165) is 24.2 Å². The van der Waals surface area contributed by atoms with Gasteiger partial charge in [0.2, 0.25) is 0 Å². The van der Waals surface area contributed by atoms with E-state index >= 15 is 0 Å². The molecule has 1 aromatic carbocycles. The van der Waals surface area contributed by atoms with Crippen molar-refractivity contribution in [3.63, 3.8) is 0 Å². The van der Waals surface area contributed by atoms with E-state index in [2.05, 4.69) is 5.10 Å². The molecule has 0 aliphatic heterocycles. The normalized spacial score (nSPS) is 10.6. The lowest BCUT2D eigenvalue weighted by Crippen LogP contribution is -2.09. The Labute approximate surface area is 111 Å². The Bertz CT molecular complexity index is 617. The molecule has 0 bridgehead atoms.